The summed E-state index contributed by atoms with van der Waals surface area (Å²) in [6.07, 6.45) is 0. The first-order valence-corrected chi connectivity index (χ1v) is 5.97. The average molecular weight is 338 g/mol. The Bertz CT molecular complexity index is 472. The van der Waals surface area contributed by atoms with E-state index in [0.29, 0.717) is 19.8 Å². The van der Waals surface area contributed by atoms with Crippen LogP contribution in [0.25, 0.3) is 10.6 Å². The highest BCUT2D eigenvalue weighted by Gasteiger charge is 2.09. The van der Waals surface area contributed by atoms with Crippen molar-refractivity contribution in [3.63, 3.8) is 0 Å². The van der Waals surface area contributed by atoms with Crippen LogP contribution in [0.5, 0.6) is 0 Å². The van der Waals surface area contributed by atoms with E-state index >= 15 is 0 Å². The Balaban J connectivity index is 2.52. The maximum Gasteiger partial charge on any atom is 0.209 e. The third-order valence-electron chi connectivity index (χ3n) is 1.56. The number of halogens is 3. The molecule has 2 aromatic rings. The lowest BCUT2D eigenvalue weighted by molar-refractivity contribution is 0.630. The first kappa shape index (κ1) is 10.2. The van der Waals surface area contributed by atoms with Gasteiger partial charge in [0.2, 0.25) is 4.73 Å². The molecule has 0 saturated heterocycles. The van der Waals surface area contributed by atoms with Crippen LogP contribution in [0.4, 0.5) is 4.39 Å². The largest absolute Gasteiger partial charge is 0.209 e. The van der Waals surface area contributed by atoms with E-state index in [2.05, 4.69) is 41.2 Å². The van der Waals surface area contributed by atoms with Gasteiger partial charge in [-0.15, -0.1) is 0 Å². The van der Waals surface area contributed by atoms with Gasteiger partial charge < -0.3 is 0 Å². The Labute approximate surface area is 101 Å². The number of rotatable bonds is 1. The van der Waals surface area contributed by atoms with Crippen molar-refractivity contribution >= 4 is 43.4 Å². The van der Waals surface area contributed by atoms with Crippen LogP contribution in [0.3, 0.4) is 0 Å². The molecule has 0 N–H and O–H groups in total. The molecule has 0 radical (unpaired) electrons. The van der Waals surface area contributed by atoms with Gasteiger partial charge in [-0.2, -0.15) is 4.37 Å². The van der Waals surface area contributed by atoms with Gasteiger partial charge in [0.15, 0.2) is 0 Å². The highest BCUT2D eigenvalue weighted by atomic mass is 79.9. The van der Waals surface area contributed by atoms with Crippen LogP contribution < -0.4 is 0 Å². The number of hydrogen-bond acceptors (Lipinski definition) is 3. The third-order valence-corrected chi connectivity index (χ3v) is 3.39. The molecule has 0 aliphatic carbocycles. The fourth-order valence-corrected chi connectivity index (χ4v) is 2.42. The maximum atomic E-state index is 13.4. The van der Waals surface area contributed by atoms with Gasteiger partial charge in [-0.3, -0.25) is 0 Å². The first-order valence-electron chi connectivity index (χ1n) is 3.61. The Hall–Kier alpha value is -0.330. The van der Waals surface area contributed by atoms with Gasteiger partial charge in [0.25, 0.3) is 0 Å². The number of aromatic nitrogens is 2. The van der Waals surface area contributed by atoms with Gasteiger partial charge in [0, 0.05) is 10.0 Å². The second-order valence-corrected chi connectivity index (χ2v) is 4.87. The lowest BCUT2D eigenvalue weighted by Crippen LogP contribution is -1.82. The average Bonchev–Trinajstić information content (AvgIpc) is 2.51. The van der Waals surface area contributed by atoms with E-state index in [1.54, 1.807) is 12.1 Å². The zero-order valence-corrected chi connectivity index (χ0v) is 10.7. The maximum absolute atomic E-state index is 13.4. The third kappa shape index (κ3) is 2.02. The summed E-state index contributed by atoms with van der Waals surface area (Å²) >= 11 is 7.48. The summed E-state index contributed by atoms with van der Waals surface area (Å²) in [6, 6.07) is 4.85. The van der Waals surface area contributed by atoms with Crippen molar-refractivity contribution < 1.29 is 4.39 Å². The predicted octanol–water partition coefficient (Wildman–Crippen LogP) is 3.87. The van der Waals surface area contributed by atoms with E-state index in [-0.39, 0.29) is 5.82 Å². The minimum absolute atomic E-state index is 0.303. The van der Waals surface area contributed by atoms with Crippen LogP contribution in [-0.4, -0.2) is 9.36 Å². The number of nitrogens with zero attached hydrogens (tertiary/aromatic N) is 2. The van der Waals surface area contributed by atoms with Crippen LogP contribution >= 0.6 is 43.4 Å². The normalized spacial score (nSPS) is 10.5. The van der Waals surface area contributed by atoms with Crippen molar-refractivity contribution in [3.8, 4) is 10.6 Å². The molecule has 1 aromatic heterocycles. The molecule has 0 bridgehead atoms. The van der Waals surface area contributed by atoms with Crippen molar-refractivity contribution in [2.24, 2.45) is 0 Å². The molecule has 0 aliphatic heterocycles. The minimum atomic E-state index is -0.303. The molecule has 1 aromatic carbocycles. The molecule has 2 nitrogen and oxygen atoms in total. The number of benzene rings is 1. The molecular weight excluding hydrogens is 335 g/mol. The van der Waals surface area contributed by atoms with E-state index in [4.69, 9.17) is 0 Å². The highest BCUT2D eigenvalue weighted by Crippen LogP contribution is 2.27. The van der Waals surface area contributed by atoms with Crippen molar-refractivity contribution in [1.82, 2.24) is 9.36 Å². The molecule has 2 rings (SSSR count). The van der Waals surface area contributed by atoms with Gasteiger partial charge in [-0.25, -0.2) is 9.37 Å². The zero-order chi connectivity index (χ0) is 10.1. The van der Waals surface area contributed by atoms with Crippen molar-refractivity contribution in [2.45, 2.75) is 0 Å². The molecule has 0 aliphatic rings. The molecule has 1 heterocycles. The monoisotopic (exact) mass is 336 g/mol. The van der Waals surface area contributed by atoms with Crippen LogP contribution in [0.15, 0.2) is 27.4 Å². The molecule has 72 valence electrons. The van der Waals surface area contributed by atoms with E-state index in [1.165, 1.54) is 6.07 Å². The smallest absolute Gasteiger partial charge is 0.209 e. The van der Waals surface area contributed by atoms with Gasteiger partial charge in [-0.1, -0.05) is 15.9 Å². The Morgan fingerprint density at radius 3 is 2.64 bits per heavy atom. The van der Waals surface area contributed by atoms with Crippen LogP contribution in [0, 0.1) is 5.82 Å². The topological polar surface area (TPSA) is 25.8 Å². The lowest BCUT2D eigenvalue weighted by atomic mass is 10.2. The van der Waals surface area contributed by atoms with E-state index in [9.17, 15) is 4.39 Å². The molecule has 6 heteroatoms. The van der Waals surface area contributed by atoms with Crippen molar-refractivity contribution in [2.75, 3.05) is 0 Å². The summed E-state index contributed by atoms with van der Waals surface area (Å²) in [5.41, 5.74) is 0.469. The summed E-state index contributed by atoms with van der Waals surface area (Å²) in [5, 5.41) is 0.571. The van der Waals surface area contributed by atoms with E-state index < -0.39 is 0 Å². The molecule has 0 saturated carbocycles. The van der Waals surface area contributed by atoms with Gasteiger partial charge in [-0.05, 0) is 45.7 Å². The number of hydrogen-bond donors (Lipinski definition) is 0. The van der Waals surface area contributed by atoms with E-state index in [0.717, 1.165) is 11.5 Å². The van der Waals surface area contributed by atoms with Crippen LogP contribution in [0.2, 0.25) is 0 Å². The lowest BCUT2D eigenvalue weighted by Gasteiger charge is -1.97. The molecule has 0 fully saturated rings. The molecule has 0 amide bonds. The summed E-state index contributed by atoms with van der Waals surface area (Å²) in [5.74, 6) is -0.303. The second kappa shape index (κ2) is 4.04. The molecule has 0 spiro atoms. The Morgan fingerprint density at radius 2 is 2.07 bits per heavy atom. The summed E-state index contributed by atoms with van der Waals surface area (Å²) in [6.45, 7) is 0. The molecular formula is C8H3Br2FN2S. The standard InChI is InChI=1S/C8H3Br2FN2S/c9-4-1-2-5(6(11)3-4)7-12-8(10)13-14-7/h1-3H. The van der Waals surface area contributed by atoms with Crippen LogP contribution in [0.1, 0.15) is 0 Å². The fraction of sp³-hybridized carbons (Fsp3) is 0. The SMILES string of the molecule is Fc1cc(Br)ccc1-c1nc(Br)ns1. The van der Waals surface area contributed by atoms with Crippen molar-refractivity contribution in [3.05, 3.63) is 33.2 Å². The first-order chi connectivity index (χ1) is 6.66. The molecule has 0 atom stereocenters. The molecule has 14 heavy (non-hydrogen) atoms. The Kier molecular flexibility index (Phi) is 2.94. The van der Waals surface area contributed by atoms with Gasteiger partial charge in [0.1, 0.15) is 10.8 Å². The predicted molar refractivity (Wildman–Crippen MR) is 60.7 cm³/mol. The Morgan fingerprint density at radius 1 is 1.29 bits per heavy atom. The zero-order valence-electron chi connectivity index (χ0n) is 6.67. The minimum Gasteiger partial charge on any atom is -0.209 e. The quantitative estimate of drug-likeness (QED) is 0.789. The summed E-state index contributed by atoms with van der Waals surface area (Å²) in [4.78, 5) is 4.04. The highest BCUT2D eigenvalue weighted by molar-refractivity contribution is 9.10. The van der Waals surface area contributed by atoms with Crippen molar-refractivity contribution in [1.29, 1.82) is 0 Å². The van der Waals surface area contributed by atoms with Gasteiger partial charge in [0.05, 0.1) is 0 Å². The van der Waals surface area contributed by atoms with Gasteiger partial charge >= 0.3 is 0 Å². The summed E-state index contributed by atoms with van der Waals surface area (Å²) < 4.78 is 18.6. The molecule has 0 unspecified atom stereocenters. The fourth-order valence-electron chi connectivity index (χ4n) is 0.978. The summed E-state index contributed by atoms with van der Waals surface area (Å²) in [7, 11) is 0. The van der Waals surface area contributed by atoms with E-state index in [1.807, 2.05) is 0 Å². The van der Waals surface area contributed by atoms with Crippen LogP contribution in [-0.2, 0) is 0 Å². The second-order valence-electron chi connectivity index (χ2n) is 2.49.